The van der Waals surface area contributed by atoms with Gasteiger partial charge in [-0.3, -0.25) is 9.48 Å². The molecular weight excluding hydrogens is 349 g/mol. The Morgan fingerprint density at radius 3 is 2.43 bits per heavy atom. The van der Waals surface area contributed by atoms with E-state index in [0.29, 0.717) is 12.0 Å². The molecule has 0 aliphatic rings. The van der Waals surface area contributed by atoms with E-state index in [0.717, 1.165) is 10.5 Å². The number of carbonyl (C=O) groups excluding carboxylic acids is 1. The van der Waals surface area contributed by atoms with Crippen LogP contribution in [-0.4, -0.2) is 15.6 Å². The fourth-order valence-corrected chi connectivity index (χ4v) is 2.08. The second kappa shape index (κ2) is 6.43. The number of halogens is 4. The lowest BCUT2D eigenvalue weighted by atomic mass is 10.1. The second-order valence-corrected chi connectivity index (χ2v) is 5.41. The Labute approximate surface area is 127 Å². The van der Waals surface area contributed by atoms with E-state index in [9.17, 15) is 18.0 Å². The number of alkyl halides is 3. The van der Waals surface area contributed by atoms with Gasteiger partial charge in [0.1, 0.15) is 0 Å². The zero-order chi connectivity index (χ0) is 15.5. The van der Waals surface area contributed by atoms with Gasteiger partial charge in [-0.25, -0.2) is 0 Å². The number of Topliss-reactive ketones (excluding diaryl/α,β-unsaturated/α-hetero) is 1. The summed E-state index contributed by atoms with van der Waals surface area (Å²) in [5, 5.41) is 3.44. The van der Waals surface area contributed by atoms with Gasteiger partial charge in [0.25, 0.3) is 0 Å². The summed E-state index contributed by atoms with van der Waals surface area (Å²) in [4.78, 5) is 11.9. The van der Waals surface area contributed by atoms with Gasteiger partial charge in [-0.05, 0) is 24.6 Å². The predicted molar refractivity (Wildman–Crippen MR) is 74.9 cm³/mol. The van der Waals surface area contributed by atoms with Crippen molar-refractivity contribution in [2.45, 2.75) is 25.6 Å². The van der Waals surface area contributed by atoms with Gasteiger partial charge in [0, 0.05) is 29.2 Å². The number of nitrogens with zero attached hydrogens (tertiary/aromatic N) is 2. The molecule has 112 valence electrons. The molecule has 1 aromatic heterocycles. The maximum atomic E-state index is 12.4. The maximum Gasteiger partial charge on any atom is 0.435 e. The molecule has 0 fully saturated rings. The zero-order valence-electron chi connectivity index (χ0n) is 10.9. The number of hydrogen-bond donors (Lipinski definition) is 0. The molecule has 0 bridgehead atoms. The van der Waals surface area contributed by atoms with Crippen molar-refractivity contribution in [3.8, 4) is 0 Å². The summed E-state index contributed by atoms with van der Waals surface area (Å²) in [6, 6.07) is 7.90. The molecule has 0 atom stereocenters. The second-order valence-electron chi connectivity index (χ2n) is 4.50. The summed E-state index contributed by atoms with van der Waals surface area (Å²) in [6.07, 6.45) is -2.46. The molecule has 3 nitrogen and oxygen atoms in total. The first-order chi connectivity index (χ1) is 9.86. The largest absolute Gasteiger partial charge is 0.435 e. The Bertz CT molecular complexity index is 620. The summed E-state index contributed by atoms with van der Waals surface area (Å²) in [5.41, 5.74) is -0.323. The van der Waals surface area contributed by atoms with Gasteiger partial charge in [0.2, 0.25) is 0 Å². The lowest BCUT2D eigenvalue weighted by Crippen LogP contribution is -2.09. The quantitative estimate of drug-likeness (QED) is 0.744. The molecule has 0 spiro atoms. The smallest absolute Gasteiger partial charge is 0.294 e. The fourth-order valence-electron chi connectivity index (χ4n) is 1.82. The maximum absolute atomic E-state index is 12.4. The molecule has 1 aromatic carbocycles. The average Bonchev–Trinajstić information content (AvgIpc) is 2.88. The first-order valence-electron chi connectivity index (χ1n) is 6.26. The van der Waals surface area contributed by atoms with Crippen LogP contribution in [0.2, 0.25) is 0 Å². The van der Waals surface area contributed by atoms with Crippen LogP contribution in [0.5, 0.6) is 0 Å². The molecule has 0 amide bonds. The van der Waals surface area contributed by atoms with Crippen LogP contribution in [-0.2, 0) is 12.7 Å². The van der Waals surface area contributed by atoms with Crippen molar-refractivity contribution in [3.05, 3.63) is 52.3 Å². The molecule has 0 aliphatic carbocycles. The highest BCUT2D eigenvalue weighted by Gasteiger charge is 2.33. The molecule has 0 N–H and O–H groups in total. The molecule has 7 heteroatoms. The van der Waals surface area contributed by atoms with Gasteiger partial charge in [-0.1, -0.05) is 28.1 Å². The molecule has 0 aliphatic heterocycles. The van der Waals surface area contributed by atoms with Gasteiger partial charge >= 0.3 is 6.18 Å². The third-order valence-corrected chi connectivity index (χ3v) is 3.42. The molecule has 0 saturated carbocycles. The number of aryl methyl sites for hydroxylation is 1. The number of hydrogen-bond acceptors (Lipinski definition) is 2. The van der Waals surface area contributed by atoms with Gasteiger partial charge in [0.15, 0.2) is 11.5 Å². The molecule has 2 aromatic rings. The van der Waals surface area contributed by atoms with Gasteiger partial charge < -0.3 is 0 Å². The summed E-state index contributed by atoms with van der Waals surface area (Å²) in [6.45, 7) is 0.276. The summed E-state index contributed by atoms with van der Waals surface area (Å²) in [5.74, 6) is -0.0364. The molecule has 2 rings (SSSR count). The van der Waals surface area contributed by atoms with Crippen LogP contribution < -0.4 is 0 Å². The lowest BCUT2D eigenvalue weighted by Gasteiger charge is -2.03. The van der Waals surface area contributed by atoms with Crippen molar-refractivity contribution in [2.75, 3.05) is 0 Å². The van der Waals surface area contributed by atoms with E-state index in [1.807, 2.05) is 0 Å². The Hall–Kier alpha value is -1.63. The first-order valence-corrected chi connectivity index (χ1v) is 7.05. The van der Waals surface area contributed by atoms with E-state index in [-0.39, 0.29) is 18.7 Å². The number of aromatic nitrogens is 2. The van der Waals surface area contributed by atoms with Crippen molar-refractivity contribution in [2.24, 2.45) is 0 Å². The van der Waals surface area contributed by atoms with Gasteiger partial charge in [-0.15, -0.1) is 0 Å². The molecule has 1 heterocycles. The molecule has 0 unspecified atom stereocenters. The van der Waals surface area contributed by atoms with Crippen molar-refractivity contribution in [1.82, 2.24) is 9.78 Å². The van der Waals surface area contributed by atoms with E-state index in [1.54, 1.807) is 24.3 Å². The standard InChI is InChI=1S/C14H12BrF3N2O/c15-11-5-3-10(4-6-11)12(21)2-1-8-20-9-7-13(19-20)14(16,17)18/h3-7,9H,1-2,8H2. The van der Waals surface area contributed by atoms with Crippen LogP contribution in [0, 0.1) is 0 Å². The summed E-state index contributed by atoms with van der Waals surface area (Å²) >= 11 is 3.28. The van der Waals surface area contributed by atoms with E-state index >= 15 is 0 Å². The van der Waals surface area contributed by atoms with Crippen LogP contribution >= 0.6 is 15.9 Å². The molecular formula is C14H12BrF3N2O. The first kappa shape index (κ1) is 15.8. The minimum Gasteiger partial charge on any atom is -0.294 e. The number of carbonyl (C=O) groups is 1. The Morgan fingerprint density at radius 1 is 1.19 bits per heavy atom. The minimum absolute atomic E-state index is 0.0364. The zero-order valence-corrected chi connectivity index (χ0v) is 12.5. The van der Waals surface area contributed by atoms with E-state index in [2.05, 4.69) is 21.0 Å². The van der Waals surface area contributed by atoms with Crippen LogP contribution in [0.4, 0.5) is 13.2 Å². The fraction of sp³-hybridized carbons (Fsp3) is 0.286. The highest BCUT2D eigenvalue weighted by molar-refractivity contribution is 9.10. The Balaban J connectivity index is 1.85. The third-order valence-electron chi connectivity index (χ3n) is 2.89. The van der Waals surface area contributed by atoms with Crippen LogP contribution in [0.15, 0.2) is 41.0 Å². The minimum atomic E-state index is -4.43. The third kappa shape index (κ3) is 4.42. The van der Waals surface area contributed by atoms with Gasteiger partial charge in [-0.2, -0.15) is 18.3 Å². The van der Waals surface area contributed by atoms with Crippen molar-refractivity contribution >= 4 is 21.7 Å². The molecule has 21 heavy (non-hydrogen) atoms. The average molecular weight is 361 g/mol. The van der Waals surface area contributed by atoms with E-state index in [4.69, 9.17) is 0 Å². The van der Waals surface area contributed by atoms with Crippen LogP contribution in [0.25, 0.3) is 0 Å². The molecule has 0 radical (unpaired) electrons. The Kier molecular flexibility index (Phi) is 4.82. The highest BCUT2D eigenvalue weighted by atomic mass is 79.9. The number of ketones is 1. The van der Waals surface area contributed by atoms with Crippen molar-refractivity contribution in [3.63, 3.8) is 0 Å². The number of rotatable bonds is 5. The SMILES string of the molecule is O=C(CCCn1ccc(C(F)(F)F)n1)c1ccc(Br)cc1. The van der Waals surface area contributed by atoms with E-state index < -0.39 is 11.9 Å². The molecule has 0 saturated heterocycles. The predicted octanol–water partition coefficient (Wildman–Crippen LogP) is 4.33. The summed E-state index contributed by atoms with van der Waals surface area (Å²) < 4.78 is 39.2. The highest BCUT2D eigenvalue weighted by Crippen LogP contribution is 2.27. The van der Waals surface area contributed by atoms with Crippen LogP contribution in [0.3, 0.4) is 0 Å². The Morgan fingerprint density at radius 2 is 1.86 bits per heavy atom. The normalized spacial score (nSPS) is 11.6. The van der Waals surface area contributed by atoms with Crippen molar-refractivity contribution < 1.29 is 18.0 Å². The van der Waals surface area contributed by atoms with Crippen molar-refractivity contribution in [1.29, 1.82) is 0 Å². The monoisotopic (exact) mass is 360 g/mol. The lowest BCUT2D eigenvalue weighted by molar-refractivity contribution is -0.141. The number of benzene rings is 1. The van der Waals surface area contributed by atoms with Crippen LogP contribution in [0.1, 0.15) is 28.9 Å². The van der Waals surface area contributed by atoms with E-state index in [1.165, 1.54) is 10.9 Å². The summed E-state index contributed by atoms with van der Waals surface area (Å²) in [7, 11) is 0. The topological polar surface area (TPSA) is 34.9 Å². The van der Waals surface area contributed by atoms with Gasteiger partial charge in [0.05, 0.1) is 0 Å².